The summed E-state index contributed by atoms with van der Waals surface area (Å²) < 4.78 is 36.2. The Hall–Kier alpha value is -1.80. The first-order chi connectivity index (χ1) is 10.6. The molecule has 6 nitrogen and oxygen atoms in total. The fourth-order valence-electron chi connectivity index (χ4n) is 2.38. The monoisotopic (exact) mass is 342 g/mol. The fraction of sp³-hybridized carbons (Fsp3) is 0.467. The van der Waals surface area contributed by atoms with Gasteiger partial charge in [-0.25, -0.2) is 12.9 Å². The number of amides is 1. The van der Waals surface area contributed by atoms with Crippen molar-refractivity contribution in [2.75, 3.05) is 27.0 Å². The molecular weight excluding hydrogens is 323 g/mol. The highest BCUT2D eigenvalue weighted by Crippen LogP contribution is 2.39. The summed E-state index contributed by atoms with van der Waals surface area (Å²) in [7, 11) is 0.309. The molecule has 23 heavy (non-hydrogen) atoms. The summed E-state index contributed by atoms with van der Waals surface area (Å²) in [5.74, 6) is -1.43. The van der Waals surface area contributed by atoms with E-state index >= 15 is 0 Å². The van der Waals surface area contributed by atoms with E-state index in [-0.39, 0.29) is 29.4 Å². The average Bonchev–Trinajstić information content (AvgIpc) is 2.74. The van der Waals surface area contributed by atoms with Crippen LogP contribution in [-0.4, -0.2) is 47.2 Å². The molecule has 0 spiro atoms. The second-order valence-electron chi connectivity index (χ2n) is 5.71. The normalized spacial score (nSPS) is 19.4. The molecule has 0 saturated carbocycles. The van der Waals surface area contributed by atoms with E-state index in [1.165, 1.54) is 22.7 Å². The lowest BCUT2D eigenvalue weighted by Gasteiger charge is -2.12. The lowest BCUT2D eigenvalue weighted by atomic mass is 10.0. The van der Waals surface area contributed by atoms with Crippen LogP contribution in [0.4, 0.5) is 4.39 Å². The number of ketones is 1. The molecule has 1 aromatic carbocycles. The highest BCUT2D eigenvalue weighted by molar-refractivity contribution is 7.90. The van der Waals surface area contributed by atoms with Crippen LogP contribution in [0.3, 0.4) is 0 Å². The van der Waals surface area contributed by atoms with Crippen molar-refractivity contribution in [3.8, 4) is 5.75 Å². The van der Waals surface area contributed by atoms with Crippen LogP contribution in [0.5, 0.6) is 5.75 Å². The molecule has 1 amide bonds. The number of carbonyl (C=O) groups excluding carboxylic acids is 2. The van der Waals surface area contributed by atoms with Gasteiger partial charge in [0, 0.05) is 32.3 Å². The summed E-state index contributed by atoms with van der Waals surface area (Å²) in [5.41, 5.74) is 0.514. The summed E-state index contributed by atoms with van der Waals surface area (Å²) >= 11 is 0. The van der Waals surface area contributed by atoms with Gasteiger partial charge in [-0.05, 0) is 18.1 Å². The topological polar surface area (TPSA) is 76.0 Å². The van der Waals surface area contributed by atoms with Gasteiger partial charge in [-0.15, -0.1) is 4.36 Å². The summed E-state index contributed by atoms with van der Waals surface area (Å²) in [6.45, 7) is 1.30. The average molecular weight is 342 g/mol. The second-order valence-corrected chi connectivity index (χ2v) is 8.15. The minimum atomic E-state index is -2.79. The second kappa shape index (κ2) is 6.37. The largest absolute Gasteiger partial charge is 0.483 e. The standard InChI is InChI=1S/C15H19FN2O4S/c1-9-7-11(19)15-12(6-5-10(16)14(9)15)22-8-13(20)17-23(4,21)18(2)3/h5-6,9H,7-8H2,1-4H3. The molecule has 0 fully saturated rings. The molecule has 0 bridgehead atoms. The Bertz CT molecular complexity index is 782. The first kappa shape index (κ1) is 17.6. The van der Waals surface area contributed by atoms with Crippen molar-refractivity contribution in [3.63, 3.8) is 0 Å². The number of Topliss-reactive ketones (excluding diaryl/α,β-unsaturated/α-hetero) is 1. The molecule has 1 aromatic rings. The Morgan fingerprint density at radius 3 is 2.74 bits per heavy atom. The molecule has 126 valence electrons. The first-order valence-corrected chi connectivity index (χ1v) is 8.92. The Morgan fingerprint density at radius 1 is 1.48 bits per heavy atom. The number of halogens is 1. The van der Waals surface area contributed by atoms with Gasteiger partial charge in [0.25, 0.3) is 5.91 Å². The van der Waals surface area contributed by atoms with Crippen LogP contribution in [0.1, 0.15) is 35.2 Å². The number of hydrogen-bond acceptors (Lipinski definition) is 4. The van der Waals surface area contributed by atoms with E-state index in [4.69, 9.17) is 4.74 Å². The summed E-state index contributed by atoms with van der Waals surface area (Å²) in [4.78, 5) is 23.8. The Labute approximate surface area is 134 Å². The molecule has 2 unspecified atom stereocenters. The summed E-state index contributed by atoms with van der Waals surface area (Å²) in [6.07, 6.45) is 1.56. The van der Waals surface area contributed by atoms with Crippen molar-refractivity contribution >= 4 is 21.6 Å². The van der Waals surface area contributed by atoms with E-state index in [0.717, 1.165) is 0 Å². The zero-order chi connectivity index (χ0) is 17.4. The van der Waals surface area contributed by atoms with Crippen LogP contribution in [0, 0.1) is 5.82 Å². The molecule has 2 atom stereocenters. The van der Waals surface area contributed by atoms with E-state index in [9.17, 15) is 18.2 Å². The number of benzene rings is 1. The zero-order valence-electron chi connectivity index (χ0n) is 13.5. The van der Waals surface area contributed by atoms with Gasteiger partial charge in [-0.3, -0.25) is 9.59 Å². The van der Waals surface area contributed by atoms with Crippen LogP contribution in [0.15, 0.2) is 16.5 Å². The van der Waals surface area contributed by atoms with Gasteiger partial charge in [0.05, 0.1) is 5.56 Å². The van der Waals surface area contributed by atoms with Crippen LogP contribution >= 0.6 is 0 Å². The lowest BCUT2D eigenvalue weighted by molar-refractivity contribution is -0.119. The van der Waals surface area contributed by atoms with Gasteiger partial charge < -0.3 is 4.74 Å². The smallest absolute Gasteiger partial charge is 0.292 e. The van der Waals surface area contributed by atoms with Crippen molar-refractivity contribution in [2.24, 2.45) is 4.36 Å². The molecule has 0 N–H and O–H groups in total. The lowest BCUT2D eigenvalue weighted by Crippen LogP contribution is -2.23. The number of nitrogens with zero attached hydrogens (tertiary/aromatic N) is 2. The minimum absolute atomic E-state index is 0.159. The predicted molar refractivity (Wildman–Crippen MR) is 84.4 cm³/mol. The van der Waals surface area contributed by atoms with E-state index in [1.54, 1.807) is 21.0 Å². The van der Waals surface area contributed by atoms with Crippen molar-refractivity contribution in [3.05, 3.63) is 29.1 Å². The van der Waals surface area contributed by atoms with E-state index in [2.05, 4.69) is 4.36 Å². The van der Waals surface area contributed by atoms with Gasteiger partial charge >= 0.3 is 0 Å². The number of hydrogen-bond donors (Lipinski definition) is 0. The maximum Gasteiger partial charge on any atom is 0.292 e. The molecule has 0 heterocycles. The molecule has 8 heteroatoms. The Kier molecular flexibility index (Phi) is 4.86. The molecular formula is C15H19FN2O4S. The summed E-state index contributed by atoms with van der Waals surface area (Å²) in [5, 5.41) is 0. The Morgan fingerprint density at radius 2 is 2.13 bits per heavy atom. The van der Waals surface area contributed by atoms with Crippen LogP contribution in [0.2, 0.25) is 0 Å². The van der Waals surface area contributed by atoms with Gasteiger partial charge in [-0.2, -0.15) is 0 Å². The van der Waals surface area contributed by atoms with Crippen LogP contribution < -0.4 is 4.74 Å². The predicted octanol–water partition coefficient (Wildman–Crippen LogP) is 2.00. The molecule has 2 rings (SSSR count). The molecule has 0 aromatic heterocycles. The van der Waals surface area contributed by atoms with Crippen molar-refractivity contribution in [1.82, 2.24) is 4.31 Å². The molecule has 0 saturated heterocycles. The number of fused-ring (bicyclic) bond motifs is 1. The van der Waals surface area contributed by atoms with Gasteiger partial charge in [0.2, 0.25) is 0 Å². The third kappa shape index (κ3) is 3.59. The maximum absolute atomic E-state index is 13.9. The third-order valence-corrected chi connectivity index (χ3v) is 5.61. The van der Waals surface area contributed by atoms with E-state index < -0.39 is 28.2 Å². The molecule has 1 aliphatic rings. The molecule has 0 radical (unpaired) electrons. The highest BCUT2D eigenvalue weighted by atomic mass is 32.2. The Balaban J connectivity index is 2.22. The first-order valence-electron chi connectivity index (χ1n) is 7.04. The van der Waals surface area contributed by atoms with Gasteiger partial charge in [0.1, 0.15) is 21.5 Å². The number of ether oxygens (including phenoxy) is 1. The van der Waals surface area contributed by atoms with E-state index in [0.29, 0.717) is 5.56 Å². The minimum Gasteiger partial charge on any atom is -0.483 e. The van der Waals surface area contributed by atoms with Crippen LogP contribution in [-0.2, 0) is 14.7 Å². The number of carbonyl (C=O) groups is 2. The fourth-order valence-corrected chi connectivity index (χ4v) is 2.98. The van der Waals surface area contributed by atoms with Crippen molar-refractivity contribution < 1.29 is 22.9 Å². The van der Waals surface area contributed by atoms with E-state index in [1.807, 2.05) is 0 Å². The summed E-state index contributed by atoms with van der Waals surface area (Å²) in [6, 6.07) is 2.54. The van der Waals surface area contributed by atoms with Crippen molar-refractivity contribution in [2.45, 2.75) is 19.3 Å². The maximum atomic E-state index is 13.9. The molecule has 0 aliphatic heterocycles. The highest BCUT2D eigenvalue weighted by Gasteiger charge is 2.32. The quantitative estimate of drug-likeness (QED) is 0.838. The molecule has 1 aliphatic carbocycles. The van der Waals surface area contributed by atoms with Gasteiger partial charge in [-0.1, -0.05) is 6.92 Å². The third-order valence-electron chi connectivity index (χ3n) is 3.72. The SMILES string of the molecule is CC1CC(=O)c2c(OCC(=O)N=S(C)(=O)N(C)C)ccc(F)c21. The van der Waals surface area contributed by atoms with Crippen LogP contribution in [0.25, 0.3) is 0 Å². The van der Waals surface area contributed by atoms with Gasteiger partial charge in [0.15, 0.2) is 12.4 Å². The number of rotatable bonds is 4. The zero-order valence-corrected chi connectivity index (χ0v) is 14.3. The van der Waals surface area contributed by atoms with Crippen molar-refractivity contribution in [1.29, 1.82) is 0 Å².